The molecule has 2 nitrogen and oxygen atoms in total. The van der Waals surface area contributed by atoms with E-state index in [4.69, 9.17) is 5.41 Å². The zero-order chi connectivity index (χ0) is 3.41. The van der Waals surface area contributed by atoms with E-state index in [9.17, 15) is 0 Å². The van der Waals surface area contributed by atoms with Crippen molar-refractivity contribution in [2.24, 2.45) is 0 Å². The standard InChI is InChI=1S/C2H5NO/c1-4-2-3/h2-3H,1H3. The van der Waals surface area contributed by atoms with Gasteiger partial charge in [-0.2, -0.15) is 0 Å². The lowest BCUT2D eigenvalue weighted by Crippen LogP contribution is -1.66. The van der Waals surface area contributed by atoms with Crippen LogP contribution in [0.3, 0.4) is 0 Å². The van der Waals surface area contributed by atoms with Crippen molar-refractivity contribution < 1.29 is 4.74 Å². The van der Waals surface area contributed by atoms with Gasteiger partial charge in [-0.05, 0) is 0 Å². The lowest BCUT2D eigenvalue weighted by atomic mass is 11.5. The van der Waals surface area contributed by atoms with Crippen LogP contribution in [0.5, 0.6) is 0 Å². The highest BCUT2D eigenvalue weighted by Crippen LogP contribution is 1.37. The van der Waals surface area contributed by atoms with Crippen LogP contribution in [-0.2, 0) is 4.74 Å². The first-order valence-electron chi connectivity index (χ1n) is 0.933. The summed E-state index contributed by atoms with van der Waals surface area (Å²) in [5, 5.41) is 6.10. The van der Waals surface area contributed by atoms with Gasteiger partial charge < -0.3 is 4.74 Å². The zero-order valence-corrected chi connectivity index (χ0v) is 2.49. The van der Waals surface area contributed by atoms with Gasteiger partial charge in [-0.25, -0.2) is 0 Å². The topological polar surface area (TPSA) is 33.1 Å². The Labute approximate surface area is 24.9 Å². The minimum atomic E-state index is 0.875. The zero-order valence-electron chi connectivity index (χ0n) is 2.49. The minimum absolute atomic E-state index is 0.875. The molecular weight excluding hydrogens is 54.0 g/mol. The van der Waals surface area contributed by atoms with Crippen LogP contribution in [0, 0.1) is 5.41 Å². The maximum atomic E-state index is 6.10. The Bertz CT molecular complexity index is 20.0. The molecule has 0 aromatic rings. The molecule has 0 saturated carbocycles. The summed E-state index contributed by atoms with van der Waals surface area (Å²) in [4.78, 5) is 0. The van der Waals surface area contributed by atoms with Gasteiger partial charge in [-0.1, -0.05) is 0 Å². The van der Waals surface area contributed by atoms with Crippen molar-refractivity contribution >= 4 is 6.40 Å². The molecule has 0 unspecified atom stereocenters. The second-order valence-electron chi connectivity index (χ2n) is 0.354. The molecule has 0 aliphatic heterocycles. The highest BCUT2D eigenvalue weighted by Gasteiger charge is 1.38. The van der Waals surface area contributed by atoms with Crippen LogP contribution in [0.15, 0.2) is 0 Å². The molecule has 0 rings (SSSR count). The molecule has 1 N–H and O–H groups in total. The lowest BCUT2D eigenvalue weighted by Gasteiger charge is -1.70. The van der Waals surface area contributed by atoms with Gasteiger partial charge in [-0.15, -0.1) is 0 Å². The Balaban J connectivity index is 2.30. The largest absolute Gasteiger partial charge is 0.487 e. The van der Waals surface area contributed by atoms with Gasteiger partial charge in [-0.3, -0.25) is 5.41 Å². The molecule has 0 fully saturated rings. The van der Waals surface area contributed by atoms with E-state index in [0.29, 0.717) is 0 Å². The van der Waals surface area contributed by atoms with Crippen LogP contribution in [0.1, 0.15) is 0 Å². The smallest absolute Gasteiger partial charge is 0.166 e. The van der Waals surface area contributed by atoms with Gasteiger partial charge in [0.15, 0.2) is 6.40 Å². The minimum Gasteiger partial charge on any atom is -0.487 e. The maximum absolute atomic E-state index is 6.10. The Morgan fingerprint density at radius 3 is 2.25 bits per heavy atom. The van der Waals surface area contributed by atoms with E-state index in [2.05, 4.69) is 4.74 Å². The Morgan fingerprint density at radius 1 is 2.00 bits per heavy atom. The predicted molar refractivity (Wildman–Crippen MR) is 15.8 cm³/mol. The van der Waals surface area contributed by atoms with Gasteiger partial charge in [0.2, 0.25) is 0 Å². The third kappa shape index (κ3) is 1.47. The molecule has 0 bridgehead atoms. The van der Waals surface area contributed by atoms with E-state index >= 15 is 0 Å². The van der Waals surface area contributed by atoms with Gasteiger partial charge in [0.1, 0.15) is 0 Å². The third-order valence-corrected chi connectivity index (χ3v) is 0.118. The number of hydrogen-bond donors (Lipinski definition) is 1. The summed E-state index contributed by atoms with van der Waals surface area (Å²) in [5.41, 5.74) is 0. The molecule has 0 aromatic heterocycles. The number of methoxy groups -OCH3 is 1. The third-order valence-electron chi connectivity index (χ3n) is 0.118. The van der Waals surface area contributed by atoms with Crippen molar-refractivity contribution in [3.8, 4) is 0 Å². The van der Waals surface area contributed by atoms with Crippen LogP contribution in [0.25, 0.3) is 0 Å². The summed E-state index contributed by atoms with van der Waals surface area (Å²) < 4.78 is 4.08. The van der Waals surface area contributed by atoms with E-state index in [1.165, 1.54) is 7.11 Å². The molecule has 0 atom stereocenters. The second-order valence-corrected chi connectivity index (χ2v) is 0.354. The Kier molecular flexibility index (Phi) is 2.14. The van der Waals surface area contributed by atoms with Crippen molar-refractivity contribution in [1.82, 2.24) is 0 Å². The molecule has 0 aliphatic carbocycles. The van der Waals surface area contributed by atoms with Crippen molar-refractivity contribution in [3.63, 3.8) is 0 Å². The first-order valence-corrected chi connectivity index (χ1v) is 0.933. The van der Waals surface area contributed by atoms with E-state index in [1.54, 1.807) is 0 Å². The fraction of sp³-hybridized carbons (Fsp3) is 0.500. The van der Waals surface area contributed by atoms with Crippen molar-refractivity contribution in [1.29, 1.82) is 5.41 Å². The SMILES string of the molecule is COC=N. The van der Waals surface area contributed by atoms with Gasteiger partial charge in [0, 0.05) is 0 Å². The summed E-state index contributed by atoms with van der Waals surface area (Å²) in [5.74, 6) is 0. The van der Waals surface area contributed by atoms with Crippen molar-refractivity contribution in [3.05, 3.63) is 0 Å². The maximum Gasteiger partial charge on any atom is 0.166 e. The summed E-state index contributed by atoms with van der Waals surface area (Å²) in [6, 6.07) is 0. The summed E-state index contributed by atoms with van der Waals surface area (Å²) in [6.07, 6.45) is 0.875. The van der Waals surface area contributed by atoms with E-state index in [1.807, 2.05) is 0 Å². The molecular formula is C2H5NO. The molecule has 2 heteroatoms. The fourth-order valence-electron chi connectivity index (χ4n) is 0. The highest BCUT2D eigenvalue weighted by molar-refractivity contribution is 5.40. The van der Waals surface area contributed by atoms with Gasteiger partial charge >= 0.3 is 0 Å². The lowest BCUT2D eigenvalue weighted by molar-refractivity contribution is 0.419. The molecule has 0 heterocycles. The molecule has 0 aliphatic rings. The van der Waals surface area contributed by atoms with E-state index < -0.39 is 0 Å². The Hall–Kier alpha value is -0.530. The summed E-state index contributed by atoms with van der Waals surface area (Å²) in [6.45, 7) is 0. The van der Waals surface area contributed by atoms with Crippen molar-refractivity contribution in [2.45, 2.75) is 0 Å². The normalized spacial score (nSPS) is 5.25. The summed E-state index contributed by atoms with van der Waals surface area (Å²) >= 11 is 0. The van der Waals surface area contributed by atoms with Crippen LogP contribution < -0.4 is 0 Å². The first kappa shape index (κ1) is 3.47. The first-order chi connectivity index (χ1) is 1.91. The number of nitrogens with one attached hydrogen (secondary N) is 1. The van der Waals surface area contributed by atoms with Crippen molar-refractivity contribution in [2.75, 3.05) is 7.11 Å². The quantitative estimate of drug-likeness (QED) is 0.340. The molecule has 0 saturated heterocycles. The molecule has 4 heavy (non-hydrogen) atoms. The van der Waals surface area contributed by atoms with Crippen LogP contribution in [-0.4, -0.2) is 13.5 Å². The van der Waals surface area contributed by atoms with Gasteiger partial charge in [0.25, 0.3) is 0 Å². The average Bonchev–Trinajstić information content (AvgIpc) is 1.37. The monoisotopic (exact) mass is 59.0 g/mol. The average molecular weight is 59.1 g/mol. The van der Waals surface area contributed by atoms with E-state index in [0.717, 1.165) is 6.40 Å². The number of hydrogen-bond acceptors (Lipinski definition) is 2. The highest BCUT2D eigenvalue weighted by atomic mass is 16.5. The Morgan fingerprint density at radius 2 is 2.25 bits per heavy atom. The molecule has 0 amide bonds. The second kappa shape index (κ2) is 2.47. The number of rotatable bonds is 1. The molecule has 0 aromatic carbocycles. The van der Waals surface area contributed by atoms with E-state index in [-0.39, 0.29) is 0 Å². The van der Waals surface area contributed by atoms with Crippen LogP contribution in [0.2, 0.25) is 0 Å². The predicted octanol–water partition coefficient (Wildman–Crippen LogP) is 0.240. The van der Waals surface area contributed by atoms with Gasteiger partial charge in [0.05, 0.1) is 7.11 Å². The fourth-order valence-corrected chi connectivity index (χ4v) is 0. The molecule has 0 radical (unpaired) electrons. The number of ether oxygens (including phenoxy) is 1. The van der Waals surface area contributed by atoms with Crippen LogP contribution >= 0.6 is 0 Å². The molecule has 0 spiro atoms. The molecule has 24 valence electrons. The summed E-state index contributed by atoms with van der Waals surface area (Å²) in [7, 11) is 1.44. The van der Waals surface area contributed by atoms with Crippen LogP contribution in [0.4, 0.5) is 0 Å².